The maximum Gasteiger partial charge on any atom is 0.253 e. The first-order valence-electron chi connectivity index (χ1n) is 13.9. The highest BCUT2D eigenvalue weighted by Crippen LogP contribution is 2.30. The third-order valence-corrected chi connectivity index (χ3v) is 8.48. The van der Waals surface area contributed by atoms with E-state index in [9.17, 15) is 9.59 Å². The van der Waals surface area contributed by atoms with Crippen LogP contribution in [-0.4, -0.2) is 65.3 Å². The number of hydrogen-bond donors (Lipinski definition) is 3. The number of nitrogens with one attached hydrogen (secondary N) is 3. The Morgan fingerprint density at radius 1 is 1.03 bits per heavy atom. The fourth-order valence-electron chi connectivity index (χ4n) is 5.93. The Morgan fingerprint density at radius 3 is 2.45 bits per heavy atom. The number of hydrogen-bond acceptors (Lipinski definition) is 5. The number of rotatable bonds is 8. The summed E-state index contributed by atoms with van der Waals surface area (Å²) < 4.78 is 0. The van der Waals surface area contributed by atoms with Gasteiger partial charge < -0.3 is 15.6 Å². The van der Waals surface area contributed by atoms with Crippen LogP contribution < -0.4 is 10.6 Å². The van der Waals surface area contributed by atoms with Crippen LogP contribution in [0.1, 0.15) is 72.0 Å². The minimum atomic E-state index is -0.153. The van der Waals surface area contributed by atoms with Crippen molar-refractivity contribution in [1.82, 2.24) is 25.5 Å². The molecule has 0 saturated carbocycles. The van der Waals surface area contributed by atoms with Gasteiger partial charge in [0.05, 0.1) is 22.1 Å². The SMILES string of the molecule is CC(C)c1nc2c(C(=O)NCC3CCN(C(C(=O)c4ccccc4Cl)C4CCNCC4)CC3)cccc2[nH]1. The number of ketones is 1. The maximum atomic E-state index is 13.8. The van der Waals surface area contributed by atoms with Gasteiger partial charge in [0.1, 0.15) is 11.3 Å². The number of benzene rings is 2. The fraction of sp³-hybridized carbons (Fsp3) is 0.500. The molecule has 0 radical (unpaired) electrons. The van der Waals surface area contributed by atoms with E-state index in [1.54, 1.807) is 6.07 Å². The lowest BCUT2D eigenvalue weighted by molar-refractivity contribution is 0.0560. The first kappa shape index (κ1) is 26.9. The summed E-state index contributed by atoms with van der Waals surface area (Å²) >= 11 is 6.44. The molecule has 2 aromatic carbocycles. The third-order valence-electron chi connectivity index (χ3n) is 8.15. The minimum Gasteiger partial charge on any atom is -0.352 e. The number of carbonyl (C=O) groups is 2. The molecule has 2 aliphatic rings. The highest BCUT2D eigenvalue weighted by molar-refractivity contribution is 6.34. The van der Waals surface area contributed by atoms with Gasteiger partial charge in [-0.15, -0.1) is 0 Å². The van der Waals surface area contributed by atoms with E-state index in [2.05, 4.69) is 39.3 Å². The predicted molar refractivity (Wildman–Crippen MR) is 152 cm³/mol. The van der Waals surface area contributed by atoms with Crippen LogP contribution in [0.25, 0.3) is 11.0 Å². The van der Waals surface area contributed by atoms with Gasteiger partial charge in [0.15, 0.2) is 5.78 Å². The predicted octanol–water partition coefficient (Wildman–Crippen LogP) is 5.03. The summed E-state index contributed by atoms with van der Waals surface area (Å²) in [5.41, 5.74) is 2.85. The van der Waals surface area contributed by atoms with Crippen LogP contribution in [0.3, 0.4) is 0 Å². The average molecular weight is 536 g/mol. The molecule has 38 heavy (non-hydrogen) atoms. The Morgan fingerprint density at radius 2 is 1.74 bits per heavy atom. The first-order chi connectivity index (χ1) is 18.4. The number of piperidine rings is 2. The molecule has 3 heterocycles. The molecule has 2 saturated heterocycles. The Labute approximate surface area is 229 Å². The zero-order valence-electron chi connectivity index (χ0n) is 22.3. The summed E-state index contributed by atoms with van der Waals surface area (Å²) in [5, 5.41) is 7.11. The molecule has 1 unspecified atom stereocenters. The monoisotopic (exact) mass is 535 g/mol. The van der Waals surface area contributed by atoms with Crippen molar-refractivity contribution in [3.63, 3.8) is 0 Å². The molecule has 202 valence electrons. The Balaban J connectivity index is 1.22. The lowest BCUT2D eigenvalue weighted by Gasteiger charge is -2.41. The van der Waals surface area contributed by atoms with Gasteiger partial charge in [-0.3, -0.25) is 14.5 Å². The first-order valence-corrected chi connectivity index (χ1v) is 14.3. The molecule has 2 fully saturated rings. The van der Waals surface area contributed by atoms with Crippen LogP contribution >= 0.6 is 11.6 Å². The van der Waals surface area contributed by atoms with Crippen LogP contribution in [-0.2, 0) is 0 Å². The molecule has 3 N–H and O–H groups in total. The van der Waals surface area contributed by atoms with E-state index in [0.717, 1.165) is 68.7 Å². The molecule has 0 spiro atoms. The second-order valence-electron chi connectivity index (χ2n) is 11.0. The molecule has 8 heteroatoms. The molecule has 5 rings (SSSR count). The molecule has 1 amide bonds. The van der Waals surface area contributed by atoms with Gasteiger partial charge in [0.2, 0.25) is 0 Å². The van der Waals surface area contributed by atoms with Gasteiger partial charge in [-0.25, -0.2) is 4.98 Å². The molecule has 3 aromatic rings. The number of aromatic amines is 1. The van der Waals surface area contributed by atoms with E-state index in [0.29, 0.717) is 34.5 Å². The quantitative estimate of drug-likeness (QED) is 0.352. The second-order valence-corrected chi connectivity index (χ2v) is 11.5. The number of nitrogens with zero attached hydrogens (tertiary/aromatic N) is 2. The lowest BCUT2D eigenvalue weighted by atomic mass is 9.83. The van der Waals surface area contributed by atoms with Gasteiger partial charge in [0.25, 0.3) is 5.91 Å². The molecular formula is C30H38ClN5O2. The molecule has 1 aromatic heterocycles. The summed E-state index contributed by atoms with van der Waals surface area (Å²) in [6.07, 6.45) is 3.88. The average Bonchev–Trinajstić information content (AvgIpc) is 3.38. The fourth-order valence-corrected chi connectivity index (χ4v) is 6.16. The van der Waals surface area contributed by atoms with Crippen molar-refractivity contribution in [3.8, 4) is 0 Å². The number of amides is 1. The lowest BCUT2D eigenvalue weighted by Crippen LogP contribution is -2.52. The molecular weight excluding hydrogens is 498 g/mol. The van der Waals surface area contributed by atoms with Gasteiger partial charge >= 0.3 is 0 Å². The summed E-state index contributed by atoms with van der Waals surface area (Å²) in [5.74, 6) is 1.91. The molecule has 1 atom stereocenters. The molecule has 2 aliphatic heterocycles. The summed E-state index contributed by atoms with van der Waals surface area (Å²) in [4.78, 5) is 37.2. The highest BCUT2D eigenvalue weighted by atomic mass is 35.5. The van der Waals surface area contributed by atoms with E-state index in [1.165, 1.54) is 0 Å². The van der Waals surface area contributed by atoms with Crippen molar-refractivity contribution in [3.05, 3.63) is 64.4 Å². The van der Waals surface area contributed by atoms with Gasteiger partial charge in [-0.05, 0) is 88.0 Å². The number of aromatic nitrogens is 2. The standard InChI is InChI=1S/C30H38ClN5O2/c1-19(2)29-34-25-9-5-7-23(26(25)35-29)30(38)33-18-20-12-16-36(17-13-20)27(21-10-14-32-15-11-21)28(37)22-6-3-4-8-24(22)31/h3-9,19-21,27,32H,10-18H2,1-2H3,(H,33,38)(H,34,35). The number of H-pyrrole nitrogens is 1. The van der Waals surface area contributed by atoms with E-state index in [1.807, 2.05) is 36.4 Å². The molecule has 0 bridgehead atoms. The molecule has 7 nitrogen and oxygen atoms in total. The molecule has 0 aliphatic carbocycles. The van der Waals surface area contributed by atoms with Crippen molar-refractivity contribution in [1.29, 1.82) is 0 Å². The zero-order valence-corrected chi connectivity index (χ0v) is 23.1. The van der Waals surface area contributed by atoms with Crippen LogP contribution in [0.5, 0.6) is 0 Å². The Bertz CT molecular complexity index is 1270. The van der Waals surface area contributed by atoms with Gasteiger partial charge in [-0.2, -0.15) is 0 Å². The van der Waals surface area contributed by atoms with E-state index < -0.39 is 0 Å². The van der Waals surface area contributed by atoms with E-state index in [-0.39, 0.29) is 23.7 Å². The Hall–Kier alpha value is -2.74. The maximum absolute atomic E-state index is 13.8. The van der Waals surface area contributed by atoms with Crippen molar-refractivity contribution in [2.75, 3.05) is 32.7 Å². The van der Waals surface area contributed by atoms with E-state index in [4.69, 9.17) is 11.6 Å². The highest BCUT2D eigenvalue weighted by Gasteiger charge is 2.37. The largest absolute Gasteiger partial charge is 0.352 e. The van der Waals surface area contributed by atoms with E-state index >= 15 is 0 Å². The second kappa shape index (κ2) is 12.0. The number of halogens is 1. The van der Waals surface area contributed by atoms with Gasteiger partial charge in [0, 0.05) is 18.0 Å². The van der Waals surface area contributed by atoms with Crippen molar-refractivity contribution >= 4 is 34.3 Å². The van der Waals surface area contributed by atoms with Crippen LogP contribution in [0.2, 0.25) is 5.02 Å². The number of likely N-dealkylation sites (tertiary alicyclic amines) is 1. The number of fused-ring (bicyclic) bond motifs is 1. The topological polar surface area (TPSA) is 90.1 Å². The minimum absolute atomic E-state index is 0.0821. The van der Waals surface area contributed by atoms with Crippen LogP contribution in [0.4, 0.5) is 0 Å². The normalized spacial score (nSPS) is 18.6. The summed E-state index contributed by atoms with van der Waals surface area (Å²) in [6.45, 7) is 8.38. The Kier molecular flexibility index (Phi) is 8.46. The van der Waals surface area contributed by atoms with Crippen LogP contribution in [0, 0.1) is 11.8 Å². The number of Topliss-reactive ketones (excluding diaryl/α,β-unsaturated/α-hetero) is 1. The van der Waals surface area contributed by atoms with Gasteiger partial charge in [-0.1, -0.05) is 43.6 Å². The number of imidazole rings is 1. The number of para-hydroxylation sites is 1. The van der Waals surface area contributed by atoms with Crippen molar-refractivity contribution in [2.45, 2.75) is 51.5 Å². The summed E-state index contributed by atoms with van der Waals surface area (Å²) in [7, 11) is 0. The summed E-state index contributed by atoms with van der Waals surface area (Å²) in [6, 6.07) is 13.0. The zero-order chi connectivity index (χ0) is 26.6. The van der Waals surface area contributed by atoms with Crippen LogP contribution in [0.15, 0.2) is 42.5 Å². The van der Waals surface area contributed by atoms with Crippen molar-refractivity contribution < 1.29 is 9.59 Å². The number of carbonyl (C=O) groups excluding carboxylic acids is 2. The smallest absolute Gasteiger partial charge is 0.253 e. The third kappa shape index (κ3) is 5.80. The van der Waals surface area contributed by atoms with Crippen molar-refractivity contribution in [2.24, 2.45) is 11.8 Å².